The van der Waals surface area contributed by atoms with Crippen LogP contribution < -0.4 is 10.6 Å². The largest absolute Gasteiger partial charge is 0.368 e. The van der Waals surface area contributed by atoms with Gasteiger partial charge in [0.2, 0.25) is 0 Å². The molecule has 0 fully saturated rings. The highest BCUT2D eigenvalue weighted by molar-refractivity contribution is 5.92. The van der Waals surface area contributed by atoms with Gasteiger partial charge in [-0.25, -0.2) is 4.98 Å². The maximum atomic E-state index is 12.0. The molecule has 0 aromatic carbocycles. The number of aromatic nitrogens is 7. The average Bonchev–Trinajstić information content (AvgIpc) is 3.23. The number of hydrogen-bond acceptors (Lipinski definition) is 7. The normalized spacial score (nSPS) is 10.5. The minimum absolute atomic E-state index is 0.253. The molecule has 3 N–H and O–H groups in total. The van der Waals surface area contributed by atoms with Crippen molar-refractivity contribution in [2.45, 2.75) is 6.92 Å². The van der Waals surface area contributed by atoms with Crippen molar-refractivity contribution in [2.75, 3.05) is 18.4 Å². The first-order chi connectivity index (χ1) is 11.2. The SMILES string of the molecule is Cc1cccnc1NCCNC(=O)c1cc(-n2cnnn2)n[nH]1. The van der Waals surface area contributed by atoms with Gasteiger partial charge in [-0.1, -0.05) is 6.07 Å². The highest BCUT2D eigenvalue weighted by atomic mass is 16.1. The van der Waals surface area contributed by atoms with Crippen LogP contribution in [0.4, 0.5) is 5.82 Å². The molecule has 3 rings (SSSR count). The van der Waals surface area contributed by atoms with Crippen LogP contribution in [0.5, 0.6) is 0 Å². The van der Waals surface area contributed by atoms with E-state index in [4.69, 9.17) is 0 Å². The van der Waals surface area contributed by atoms with Crippen molar-refractivity contribution >= 4 is 11.7 Å². The Kier molecular flexibility index (Phi) is 4.22. The molecule has 10 heteroatoms. The van der Waals surface area contributed by atoms with Crippen molar-refractivity contribution in [1.82, 2.24) is 40.7 Å². The summed E-state index contributed by atoms with van der Waals surface area (Å²) in [6, 6.07) is 5.42. The Bertz CT molecular complexity index is 780. The lowest BCUT2D eigenvalue weighted by Gasteiger charge is -2.08. The Morgan fingerprint density at radius 3 is 3.09 bits per heavy atom. The fourth-order valence-corrected chi connectivity index (χ4v) is 1.93. The number of hydrogen-bond donors (Lipinski definition) is 3. The number of nitrogens with zero attached hydrogens (tertiary/aromatic N) is 6. The van der Waals surface area contributed by atoms with E-state index in [2.05, 4.69) is 41.3 Å². The van der Waals surface area contributed by atoms with Crippen LogP contribution in [0.3, 0.4) is 0 Å². The maximum absolute atomic E-state index is 12.0. The molecule has 118 valence electrons. The molecule has 1 amide bonds. The van der Waals surface area contributed by atoms with Crippen LogP contribution in [0.15, 0.2) is 30.7 Å². The van der Waals surface area contributed by atoms with Crippen molar-refractivity contribution in [3.63, 3.8) is 0 Å². The number of tetrazole rings is 1. The van der Waals surface area contributed by atoms with Gasteiger partial charge < -0.3 is 10.6 Å². The third kappa shape index (κ3) is 3.48. The molecule has 0 saturated heterocycles. The molecule has 10 nitrogen and oxygen atoms in total. The molecule has 3 heterocycles. The van der Waals surface area contributed by atoms with Gasteiger partial charge in [-0.15, -0.1) is 5.10 Å². The van der Waals surface area contributed by atoms with Crippen LogP contribution >= 0.6 is 0 Å². The lowest BCUT2D eigenvalue weighted by Crippen LogP contribution is -2.29. The molecule has 0 atom stereocenters. The number of carbonyl (C=O) groups excluding carboxylic acids is 1. The number of aryl methyl sites for hydroxylation is 1. The molecular weight excluding hydrogens is 298 g/mol. The monoisotopic (exact) mass is 313 g/mol. The van der Waals surface area contributed by atoms with Crippen LogP contribution in [0.25, 0.3) is 5.82 Å². The van der Waals surface area contributed by atoms with E-state index in [-0.39, 0.29) is 5.91 Å². The number of H-pyrrole nitrogens is 1. The Morgan fingerprint density at radius 1 is 1.39 bits per heavy atom. The maximum Gasteiger partial charge on any atom is 0.269 e. The fourth-order valence-electron chi connectivity index (χ4n) is 1.93. The summed E-state index contributed by atoms with van der Waals surface area (Å²) in [6.45, 7) is 2.99. The molecule has 3 aromatic heterocycles. The van der Waals surface area contributed by atoms with Crippen LogP contribution in [-0.2, 0) is 0 Å². The second-order valence-corrected chi connectivity index (χ2v) is 4.75. The molecule has 0 aliphatic carbocycles. The number of rotatable bonds is 6. The first kappa shape index (κ1) is 14.6. The molecular formula is C13H15N9O. The van der Waals surface area contributed by atoms with Crippen LogP contribution in [-0.4, -0.2) is 54.4 Å². The van der Waals surface area contributed by atoms with Gasteiger partial charge in [0.25, 0.3) is 5.91 Å². The van der Waals surface area contributed by atoms with E-state index in [0.717, 1.165) is 11.4 Å². The highest BCUT2D eigenvalue weighted by Gasteiger charge is 2.11. The Hall–Kier alpha value is -3.30. The van der Waals surface area contributed by atoms with Gasteiger partial charge in [0.15, 0.2) is 5.82 Å². The van der Waals surface area contributed by atoms with E-state index in [0.29, 0.717) is 24.6 Å². The van der Waals surface area contributed by atoms with Gasteiger partial charge in [0, 0.05) is 25.4 Å². The molecule has 0 saturated carbocycles. The van der Waals surface area contributed by atoms with Crippen LogP contribution in [0.2, 0.25) is 0 Å². The number of pyridine rings is 1. The predicted molar refractivity (Wildman–Crippen MR) is 81.1 cm³/mol. The third-order valence-corrected chi connectivity index (χ3v) is 3.11. The van der Waals surface area contributed by atoms with Gasteiger partial charge in [-0.2, -0.15) is 9.78 Å². The molecule has 0 unspecified atom stereocenters. The number of aromatic amines is 1. The molecule has 0 aliphatic heterocycles. The Morgan fingerprint density at radius 2 is 2.30 bits per heavy atom. The summed E-state index contributed by atoms with van der Waals surface area (Å²) in [7, 11) is 0. The standard InChI is InChI=1S/C13H15N9O/c1-9-3-2-4-14-12(9)15-5-6-16-13(23)10-7-11(19-18-10)22-8-17-20-21-22/h2-4,7-8H,5-6H2,1H3,(H,14,15)(H,16,23)(H,18,19). The third-order valence-electron chi connectivity index (χ3n) is 3.11. The molecule has 3 aromatic rings. The van der Waals surface area contributed by atoms with Crippen molar-refractivity contribution in [3.05, 3.63) is 42.0 Å². The smallest absolute Gasteiger partial charge is 0.269 e. The van der Waals surface area contributed by atoms with Gasteiger partial charge in [0.1, 0.15) is 17.8 Å². The minimum atomic E-state index is -0.253. The second kappa shape index (κ2) is 6.64. The van der Waals surface area contributed by atoms with Gasteiger partial charge >= 0.3 is 0 Å². The van der Waals surface area contributed by atoms with Crippen molar-refractivity contribution < 1.29 is 4.79 Å². The van der Waals surface area contributed by atoms with Crippen molar-refractivity contribution in [3.8, 4) is 5.82 Å². The Labute approximate surface area is 131 Å². The Balaban J connectivity index is 1.49. The number of amides is 1. The zero-order chi connectivity index (χ0) is 16.1. The molecule has 0 radical (unpaired) electrons. The number of nitrogens with one attached hydrogen (secondary N) is 3. The van der Waals surface area contributed by atoms with Crippen molar-refractivity contribution in [1.29, 1.82) is 0 Å². The van der Waals surface area contributed by atoms with Gasteiger partial charge in [-0.05, 0) is 29.0 Å². The van der Waals surface area contributed by atoms with E-state index >= 15 is 0 Å². The number of anilines is 1. The highest BCUT2D eigenvalue weighted by Crippen LogP contribution is 2.08. The zero-order valence-electron chi connectivity index (χ0n) is 12.4. The van der Waals surface area contributed by atoms with Gasteiger partial charge in [0.05, 0.1) is 0 Å². The van der Waals surface area contributed by atoms with E-state index in [1.54, 1.807) is 12.3 Å². The topological polar surface area (TPSA) is 126 Å². The van der Waals surface area contributed by atoms with E-state index in [1.807, 2.05) is 19.1 Å². The molecule has 0 bridgehead atoms. The summed E-state index contributed by atoms with van der Waals surface area (Å²) < 4.78 is 1.36. The minimum Gasteiger partial charge on any atom is -0.368 e. The van der Waals surface area contributed by atoms with E-state index in [9.17, 15) is 4.79 Å². The van der Waals surface area contributed by atoms with Crippen molar-refractivity contribution in [2.24, 2.45) is 0 Å². The lowest BCUT2D eigenvalue weighted by molar-refractivity contribution is 0.0950. The summed E-state index contributed by atoms with van der Waals surface area (Å²) >= 11 is 0. The zero-order valence-corrected chi connectivity index (χ0v) is 12.4. The number of carbonyl (C=O) groups is 1. The van der Waals surface area contributed by atoms with E-state index in [1.165, 1.54) is 11.0 Å². The predicted octanol–water partition coefficient (Wildman–Crippen LogP) is -0.0693. The summed E-state index contributed by atoms with van der Waals surface area (Å²) in [5, 5.41) is 23.3. The summed E-state index contributed by atoms with van der Waals surface area (Å²) in [5.74, 6) is 1.00. The van der Waals surface area contributed by atoms with E-state index < -0.39 is 0 Å². The quantitative estimate of drug-likeness (QED) is 0.544. The molecule has 0 aliphatic rings. The molecule has 0 spiro atoms. The first-order valence-electron chi connectivity index (χ1n) is 6.96. The summed E-state index contributed by atoms with van der Waals surface area (Å²) in [6.07, 6.45) is 3.12. The fraction of sp³-hybridized carbons (Fsp3) is 0.231. The average molecular weight is 313 g/mol. The second-order valence-electron chi connectivity index (χ2n) is 4.75. The lowest BCUT2D eigenvalue weighted by atomic mass is 10.3. The first-order valence-corrected chi connectivity index (χ1v) is 6.96. The van der Waals surface area contributed by atoms with Crippen LogP contribution in [0.1, 0.15) is 16.1 Å². The summed E-state index contributed by atoms with van der Waals surface area (Å²) in [4.78, 5) is 16.2. The summed E-state index contributed by atoms with van der Waals surface area (Å²) in [5.41, 5.74) is 1.39. The molecule has 23 heavy (non-hydrogen) atoms. The van der Waals surface area contributed by atoms with Gasteiger partial charge in [-0.3, -0.25) is 9.89 Å². The van der Waals surface area contributed by atoms with Crippen LogP contribution in [0, 0.1) is 6.92 Å².